The van der Waals surface area contributed by atoms with Crippen molar-refractivity contribution in [3.8, 4) is 0 Å². The van der Waals surface area contributed by atoms with Crippen LogP contribution in [0.4, 0.5) is 0 Å². The van der Waals surface area contributed by atoms with Crippen LogP contribution in [0.15, 0.2) is 60.7 Å². The number of nitrogens with zero attached hydrogens (tertiary/aromatic N) is 1. The van der Waals surface area contributed by atoms with Crippen molar-refractivity contribution in [2.24, 2.45) is 11.5 Å². The van der Waals surface area contributed by atoms with E-state index in [2.05, 4.69) is 10.6 Å². The topological polar surface area (TPSA) is 185 Å². The molecule has 3 rings (SSSR count). The molecule has 1 fully saturated rings. The van der Waals surface area contributed by atoms with Gasteiger partial charge >= 0.3 is 5.97 Å². The molecule has 0 bridgehead atoms. The van der Waals surface area contributed by atoms with Gasteiger partial charge in [-0.25, -0.2) is 4.79 Å². The van der Waals surface area contributed by atoms with Crippen LogP contribution in [0, 0.1) is 0 Å². The predicted octanol–water partition coefficient (Wildman–Crippen LogP) is 0.110. The van der Waals surface area contributed by atoms with Crippen molar-refractivity contribution in [3.05, 3.63) is 71.8 Å². The lowest BCUT2D eigenvalue weighted by Crippen LogP contribution is -2.58. The Hall–Kier alpha value is -4.25. The fourth-order valence-corrected chi connectivity index (χ4v) is 4.60. The summed E-state index contributed by atoms with van der Waals surface area (Å²) in [5.41, 5.74) is 13.0. The van der Waals surface area contributed by atoms with E-state index in [0.717, 1.165) is 11.1 Å². The Morgan fingerprint density at radius 1 is 0.872 bits per heavy atom. The van der Waals surface area contributed by atoms with Crippen molar-refractivity contribution >= 4 is 29.6 Å². The number of nitrogens with two attached hydrogens (primary N) is 2. The lowest BCUT2D eigenvalue weighted by Gasteiger charge is -2.29. The fraction of sp³-hybridized carbons (Fsp3) is 0.393. The van der Waals surface area contributed by atoms with Crippen molar-refractivity contribution in [3.63, 3.8) is 0 Å². The Bertz CT molecular complexity index is 1160. The molecule has 0 spiro atoms. The first-order chi connectivity index (χ1) is 18.7. The normalized spacial score (nSPS) is 17.1. The van der Waals surface area contributed by atoms with Crippen molar-refractivity contribution in [2.45, 2.75) is 62.7 Å². The summed E-state index contributed by atoms with van der Waals surface area (Å²) in [4.78, 5) is 64.1. The zero-order valence-corrected chi connectivity index (χ0v) is 21.6. The average molecular weight is 538 g/mol. The summed E-state index contributed by atoms with van der Waals surface area (Å²) in [6.07, 6.45) is 0.878. The second kappa shape index (κ2) is 14.1. The highest BCUT2D eigenvalue weighted by atomic mass is 16.4. The maximum atomic E-state index is 13.5. The molecule has 2 aromatic carbocycles. The van der Waals surface area contributed by atoms with Gasteiger partial charge in [-0.05, 0) is 36.8 Å². The summed E-state index contributed by atoms with van der Waals surface area (Å²) >= 11 is 0. The first kappa shape index (κ1) is 29.3. The minimum atomic E-state index is -1.20. The van der Waals surface area contributed by atoms with Crippen LogP contribution in [0.2, 0.25) is 0 Å². The van der Waals surface area contributed by atoms with E-state index in [9.17, 15) is 29.1 Å². The standard InChI is InChI=1S/C28H35N5O6/c29-20(16-18-8-3-1-4-9-18)25(35)32-22(17-19-10-5-2-6-11-19)26(36)31-21(13-14-24(30)34)27(37)33-15-7-12-23(33)28(38)39/h1-6,8-11,20-23H,7,12-17,29H2,(H2,30,34)(H,31,36)(H,32,35)(H,38,39). The third-order valence-electron chi connectivity index (χ3n) is 6.67. The van der Waals surface area contributed by atoms with Gasteiger partial charge in [0.2, 0.25) is 23.6 Å². The highest BCUT2D eigenvalue weighted by Gasteiger charge is 2.38. The molecule has 1 aliphatic heterocycles. The number of primary amides is 1. The maximum absolute atomic E-state index is 13.5. The second-order valence-electron chi connectivity index (χ2n) is 9.64. The van der Waals surface area contributed by atoms with Crippen LogP contribution in [-0.2, 0) is 36.8 Å². The number of hydrogen-bond acceptors (Lipinski definition) is 6. The van der Waals surface area contributed by atoms with Crippen molar-refractivity contribution in [1.82, 2.24) is 15.5 Å². The molecule has 2 aromatic rings. The van der Waals surface area contributed by atoms with Crippen LogP contribution < -0.4 is 22.1 Å². The number of carbonyl (C=O) groups is 5. The molecule has 208 valence electrons. The molecule has 7 N–H and O–H groups in total. The number of carboxylic acids is 1. The predicted molar refractivity (Wildman–Crippen MR) is 143 cm³/mol. The van der Waals surface area contributed by atoms with Crippen molar-refractivity contribution < 1.29 is 29.1 Å². The van der Waals surface area contributed by atoms with Gasteiger partial charge in [0.15, 0.2) is 0 Å². The zero-order valence-electron chi connectivity index (χ0n) is 21.6. The van der Waals surface area contributed by atoms with Gasteiger partial charge < -0.3 is 32.1 Å². The fourth-order valence-electron chi connectivity index (χ4n) is 4.60. The van der Waals surface area contributed by atoms with Crippen LogP contribution in [0.1, 0.15) is 36.8 Å². The van der Waals surface area contributed by atoms with Crippen LogP contribution in [0.5, 0.6) is 0 Å². The van der Waals surface area contributed by atoms with Gasteiger partial charge in [0.05, 0.1) is 6.04 Å². The Balaban J connectivity index is 1.78. The van der Waals surface area contributed by atoms with Gasteiger partial charge in [0, 0.05) is 19.4 Å². The van der Waals surface area contributed by atoms with Crippen LogP contribution in [-0.4, -0.2) is 70.3 Å². The summed E-state index contributed by atoms with van der Waals surface area (Å²) in [6.45, 7) is 0.220. The number of likely N-dealkylation sites (tertiary alicyclic amines) is 1. The molecule has 0 saturated carbocycles. The van der Waals surface area contributed by atoms with E-state index in [1.165, 1.54) is 4.90 Å². The number of aliphatic carboxylic acids is 1. The van der Waals surface area contributed by atoms with Gasteiger partial charge in [-0.3, -0.25) is 19.2 Å². The third kappa shape index (κ3) is 8.64. The van der Waals surface area contributed by atoms with E-state index in [1.54, 1.807) is 24.3 Å². The van der Waals surface area contributed by atoms with Gasteiger partial charge in [0.25, 0.3) is 0 Å². The smallest absolute Gasteiger partial charge is 0.326 e. The number of nitrogens with one attached hydrogen (secondary N) is 2. The molecular weight excluding hydrogens is 502 g/mol. The van der Waals surface area contributed by atoms with E-state index in [4.69, 9.17) is 11.5 Å². The number of carbonyl (C=O) groups excluding carboxylic acids is 4. The average Bonchev–Trinajstić information content (AvgIpc) is 3.41. The third-order valence-corrected chi connectivity index (χ3v) is 6.67. The molecule has 1 heterocycles. The number of benzene rings is 2. The molecule has 1 aliphatic rings. The molecule has 4 amide bonds. The summed E-state index contributed by atoms with van der Waals surface area (Å²) in [5.74, 6) is -3.62. The lowest BCUT2D eigenvalue weighted by atomic mass is 10.0. The Morgan fingerprint density at radius 2 is 1.44 bits per heavy atom. The Morgan fingerprint density at radius 3 is 2.00 bits per heavy atom. The number of rotatable bonds is 13. The lowest BCUT2D eigenvalue weighted by molar-refractivity contribution is -0.149. The monoisotopic (exact) mass is 537 g/mol. The first-order valence-corrected chi connectivity index (χ1v) is 12.9. The molecule has 1 saturated heterocycles. The minimum absolute atomic E-state index is 0.109. The van der Waals surface area contributed by atoms with Gasteiger partial charge in [-0.2, -0.15) is 0 Å². The van der Waals surface area contributed by atoms with E-state index in [0.29, 0.717) is 12.8 Å². The second-order valence-corrected chi connectivity index (χ2v) is 9.64. The minimum Gasteiger partial charge on any atom is -0.480 e. The first-order valence-electron chi connectivity index (χ1n) is 12.9. The van der Waals surface area contributed by atoms with Crippen molar-refractivity contribution in [1.29, 1.82) is 0 Å². The highest BCUT2D eigenvalue weighted by molar-refractivity contribution is 5.94. The van der Waals surface area contributed by atoms with Crippen LogP contribution in [0.25, 0.3) is 0 Å². The van der Waals surface area contributed by atoms with Gasteiger partial charge in [0.1, 0.15) is 18.1 Å². The highest BCUT2D eigenvalue weighted by Crippen LogP contribution is 2.20. The molecule has 4 atom stereocenters. The van der Waals surface area contributed by atoms with E-state index >= 15 is 0 Å². The summed E-state index contributed by atoms with van der Waals surface area (Å²) < 4.78 is 0. The number of carboxylic acid groups (broad SMARTS) is 1. The van der Waals surface area contributed by atoms with Crippen LogP contribution >= 0.6 is 0 Å². The van der Waals surface area contributed by atoms with E-state index in [-0.39, 0.29) is 32.2 Å². The van der Waals surface area contributed by atoms with Crippen molar-refractivity contribution in [2.75, 3.05) is 6.54 Å². The maximum Gasteiger partial charge on any atom is 0.326 e. The number of amides is 4. The Kier molecular flexibility index (Phi) is 10.6. The molecule has 0 aliphatic carbocycles. The molecule has 0 radical (unpaired) electrons. The molecule has 39 heavy (non-hydrogen) atoms. The van der Waals surface area contributed by atoms with E-state index < -0.39 is 53.8 Å². The largest absolute Gasteiger partial charge is 0.480 e. The molecule has 0 aromatic heterocycles. The summed E-state index contributed by atoms with van der Waals surface area (Å²) in [6, 6.07) is 14.0. The van der Waals surface area contributed by atoms with E-state index in [1.807, 2.05) is 36.4 Å². The molecule has 4 unspecified atom stereocenters. The summed E-state index contributed by atoms with van der Waals surface area (Å²) in [5, 5.41) is 14.8. The van der Waals surface area contributed by atoms with Crippen LogP contribution in [0.3, 0.4) is 0 Å². The SMILES string of the molecule is NC(=O)CCC(NC(=O)C(Cc1ccccc1)NC(=O)C(N)Cc1ccccc1)C(=O)N1CCCC1C(=O)O. The zero-order chi connectivity index (χ0) is 28.4. The molecule has 11 heteroatoms. The number of hydrogen-bond donors (Lipinski definition) is 5. The van der Waals surface area contributed by atoms with Gasteiger partial charge in [-0.15, -0.1) is 0 Å². The molecular formula is C28H35N5O6. The Labute approximate surface area is 226 Å². The molecule has 11 nitrogen and oxygen atoms in total. The summed E-state index contributed by atoms with van der Waals surface area (Å²) in [7, 11) is 0. The quantitative estimate of drug-likeness (QED) is 0.240. The van der Waals surface area contributed by atoms with Gasteiger partial charge in [-0.1, -0.05) is 60.7 Å².